The Labute approximate surface area is 117 Å². The summed E-state index contributed by atoms with van der Waals surface area (Å²) in [6, 6.07) is 5.82. The molecule has 0 aliphatic carbocycles. The Morgan fingerprint density at radius 3 is 3.10 bits per heavy atom. The van der Waals surface area contributed by atoms with Crippen molar-refractivity contribution in [3.05, 3.63) is 42.6 Å². The second-order valence-electron chi connectivity index (χ2n) is 4.76. The first kappa shape index (κ1) is 12.7. The molecule has 0 radical (unpaired) electrons. The fourth-order valence-corrected chi connectivity index (χ4v) is 2.20. The van der Waals surface area contributed by atoms with Gasteiger partial charge in [0.15, 0.2) is 5.65 Å². The molecule has 0 saturated carbocycles. The highest BCUT2D eigenvalue weighted by molar-refractivity contribution is 5.88. The maximum absolute atomic E-state index is 5.36. The Hall–Kier alpha value is -2.30. The van der Waals surface area contributed by atoms with Crippen molar-refractivity contribution in [3.8, 4) is 0 Å². The summed E-state index contributed by atoms with van der Waals surface area (Å²) >= 11 is 0. The van der Waals surface area contributed by atoms with E-state index in [1.165, 1.54) is 6.42 Å². The van der Waals surface area contributed by atoms with Crippen molar-refractivity contribution in [2.24, 2.45) is 0 Å². The minimum atomic E-state index is 0.599. The molecule has 0 atom stereocenters. The van der Waals surface area contributed by atoms with Gasteiger partial charge in [-0.25, -0.2) is 9.67 Å². The molecule has 0 bridgehead atoms. The van der Waals surface area contributed by atoms with Crippen LogP contribution in [0.3, 0.4) is 0 Å². The average Bonchev–Trinajstić information content (AvgIpc) is 3.11. The van der Waals surface area contributed by atoms with E-state index in [1.807, 2.05) is 35.3 Å². The minimum absolute atomic E-state index is 0.599. The number of furan rings is 1. The third-order valence-corrected chi connectivity index (χ3v) is 3.27. The lowest BCUT2D eigenvalue weighted by Crippen LogP contribution is -2.03. The van der Waals surface area contributed by atoms with Gasteiger partial charge >= 0.3 is 0 Å². The molecule has 0 aliphatic heterocycles. The van der Waals surface area contributed by atoms with Crippen LogP contribution in [0.5, 0.6) is 0 Å². The lowest BCUT2D eigenvalue weighted by molar-refractivity contribution is 0.483. The van der Waals surface area contributed by atoms with Crippen LogP contribution < -0.4 is 5.32 Å². The molecule has 3 aromatic rings. The van der Waals surface area contributed by atoms with E-state index in [4.69, 9.17) is 4.42 Å². The molecule has 3 rings (SSSR count). The van der Waals surface area contributed by atoms with E-state index in [-0.39, 0.29) is 0 Å². The number of nitrogens with one attached hydrogen (secondary N) is 1. The van der Waals surface area contributed by atoms with Gasteiger partial charge in [-0.05, 0) is 24.6 Å². The van der Waals surface area contributed by atoms with Crippen molar-refractivity contribution in [3.63, 3.8) is 0 Å². The predicted molar refractivity (Wildman–Crippen MR) is 78.7 cm³/mol. The van der Waals surface area contributed by atoms with Crippen LogP contribution >= 0.6 is 0 Å². The standard InChI is InChI=1S/C15H18N4O/c1-2-3-7-16-14-6-8-17-15-13(14)10-18-19(15)11-12-5-4-9-20-12/h4-6,8-10H,2-3,7,11H2,1H3,(H,16,17). The monoisotopic (exact) mass is 270 g/mol. The number of anilines is 1. The Morgan fingerprint density at radius 2 is 2.30 bits per heavy atom. The predicted octanol–water partition coefficient (Wildman–Crippen LogP) is 3.28. The summed E-state index contributed by atoms with van der Waals surface area (Å²) in [5.41, 5.74) is 1.97. The quantitative estimate of drug-likeness (QED) is 0.698. The molecule has 3 aromatic heterocycles. The molecular formula is C15H18N4O. The zero-order chi connectivity index (χ0) is 13.8. The fourth-order valence-electron chi connectivity index (χ4n) is 2.20. The Bertz CT molecular complexity index is 672. The molecule has 3 heterocycles. The van der Waals surface area contributed by atoms with Gasteiger partial charge in [-0.3, -0.25) is 0 Å². The van der Waals surface area contributed by atoms with Crippen LogP contribution in [0.15, 0.2) is 41.3 Å². The van der Waals surface area contributed by atoms with Crippen LogP contribution in [0.4, 0.5) is 5.69 Å². The molecule has 0 aliphatic rings. The van der Waals surface area contributed by atoms with Crippen LogP contribution in [0.2, 0.25) is 0 Å². The highest BCUT2D eigenvalue weighted by Crippen LogP contribution is 2.21. The number of unbranched alkanes of at least 4 members (excludes halogenated alkanes) is 1. The number of hydrogen-bond acceptors (Lipinski definition) is 4. The summed E-state index contributed by atoms with van der Waals surface area (Å²) in [7, 11) is 0. The maximum Gasteiger partial charge on any atom is 0.160 e. The zero-order valence-electron chi connectivity index (χ0n) is 11.5. The molecule has 0 aromatic carbocycles. The number of pyridine rings is 1. The molecule has 1 N–H and O–H groups in total. The van der Waals surface area contributed by atoms with Crippen LogP contribution in [-0.2, 0) is 6.54 Å². The van der Waals surface area contributed by atoms with Crippen molar-refractivity contribution in [1.29, 1.82) is 0 Å². The van der Waals surface area contributed by atoms with Gasteiger partial charge in [-0.15, -0.1) is 0 Å². The van der Waals surface area contributed by atoms with E-state index < -0.39 is 0 Å². The number of hydrogen-bond donors (Lipinski definition) is 1. The van der Waals surface area contributed by atoms with Crippen molar-refractivity contribution in [1.82, 2.24) is 14.8 Å². The van der Waals surface area contributed by atoms with E-state index in [2.05, 4.69) is 22.3 Å². The SMILES string of the molecule is CCCCNc1ccnc2c1cnn2Cc1ccco1. The number of aromatic nitrogens is 3. The molecule has 0 fully saturated rings. The highest BCUT2D eigenvalue weighted by atomic mass is 16.3. The normalized spacial score (nSPS) is 11.1. The summed E-state index contributed by atoms with van der Waals surface area (Å²) in [6.45, 7) is 3.76. The van der Waals surface area contributed by atoms with Crippen molar-refractivity contribution < 1.29 is 4.42 Å². The maximum atomic E-state index is 5.36. The third kappa shape index (κ3) is 2.52. The second kappa shape index (κ2) is 5.77. The van der Waals surface area contributed by atoms with Gasteiger partial charge in [0.05, 0.1) is 17.8 Å². The summed E-state index contributed by atoms with van der Waals surface area (Å²) in [6.07, 6.45) is 7.69. The number of rotatable bonds is 6. The lowest BCUT2D eigenvalue weighted by Gasteiger charge is -2.06. The molecular weight excluding hydrogens is 252 g/mol. The first-order valence-corrected chi connectivity index (χ1v) is 6.95. The van der Waals surface area contributed by atoms with Crippen molar-refractivity contribution in [2.45, 2.75) is 26.3 Å². The molecule has 5 heteroatoms. The van der Waals surface area contributed by atoms with Gasteiger partial charge in [0.25, 0.3) is 0 Å². The van der Waals surface area contributed by atoms with E-state index in [9.17, 15) is 0 Å². The van der Waals surface area contributed by atoms with Crippen molar-refractivity contribution in [2.75, 3.05) is 11.9 Å². The molecule has 0 spiro atoms. The van der Waals surface area contributed by atoms with Gasteiger partial charge < -0.3 is 9.73 Å². The fraction of sp³-hybridized carbons (Fsp3) is 0.333. The topological polar surface area (TPSA) is 55.9 Å². The first-order chi connectivity index (χ1) is 9.88. The lowest BCUT2D eigenvalue weighted by atomic mass is 10.2. The number of nitrogens with zero attached hydrogens (tertiary/aromatic N) is 3. The van der Waals surface area contributed by atoms with Crippen LogP contribution in [0.25, 0.3) is 11.0 Å². The Morgan fingerprint density at radius 1 is 1.35 bits per heavy atom. The number of fused-ring (bicyclic) bond motifs is 1. The van der Waals surface area contributed by atoms with Gasteiger partial charge in [0, 0.05) is 18.4 Å². The van der Waals surface area contributed by atoms with Gasteiger partial charge in [0.1, 0.15) is 12.3 Å². The average molecular weight is 270 g/mol. The van der Waals surface area contributed by atoms with Gasteiger partial charge in [0.2, 0.25) is 0 Å². The van der Waals surface area contributed by atoms with Crippen molar-refractivity contribution >= 4 is 16.7 Å². The smallest absolute Gasteiger partial charge is 0.160 e. The molecule has 20 heavy (non-hydrogen) atoms. The third-order valence-electron chi connectivity index (χ3n) is 3.27. The summed E-state index contributed by atoms with van der Waals surface area (Å²) in [5, 5.41) is 8.91. The van der Waals surface area contributed by atoms with Gasteiger partial charge in [-0.1, -0.05) is 13.3 Å². The molecule has 0 amide bonds. The minimum Gasteiger partial charge on any atom is -0.467 e. The van der Waals surface area contributed by atoms with Crippen LogP contribution in [0, 0.1) is 0 Å². The highest BCUT2D eigenvalue weighted by Gasteiger charge is 2.09. The molecule has 0 saturated heterocycles. The zero-order valence-corrected chi connectivity index (χ0v) is 11.5. The van der Waals surface area contributed by atoms with E-state index in [1.54, 1.807) is 6.26 Å². The Kier molecular flexibility index (Phi) is 3.67. The summed E-state index contributed by atoms with van der Waals surface area (Å²) < 4.78 is 7.22. The van der Waals surface area contributed by atoms with E-state index in [0.29, 0.717) is 6.54 Å². The van der Waals surface area contributed by atoms with E-state index >= 15 is 0 Å². The molecule has 5 nitrogen and oxygen atoms in total. The first-order valence-electron chi connectivity index (χ1n) is 6.95. The summed E-state index contributed by atoms with van der Waals surface area (Å²) in [4.78, 5) is 4.43. The van der Waals surface area contributed by atoms with Gasteiger partial charge in [-0.2, -0.15) is 5.10 Å². The Balaban J connectivity index is 1.87. The van der Waals surface area contributed by atoms with Crippen LogP contribution in [0.1, 0.15) is 25.5 Å². The van der Waals surface area contributed by atoms with E-state index in [0.717, 1.165) is 35.4 Å². The second-order valence-corrected chi connectivity index (χ2v) is 4.76. The molecule has 0 unspecified atom stereocenters. The van der Waals surface area contributed by atoms with Crippen LogP contribution in [-0.4, -0.2) is 21.3 Å². The summed E-state index contributed by atoms with van der Waals surface area (Å²) in [5.74, 6) is 0.876. The largest absolute Gasteiger partial charge is 0.467 e. The molecule has 104 valence electrons.